The van der Waals surface area contributed by atoms with E-state index in [2.05, 4.69) is 9.62 Å². The van der Waals surface area contributed by atoms with Gasteiger partial charge in [0.25, 0.3) is 15.9 Å². The predicted molar refractivity (Wildman–Crippen MR) is 129 cm³/mol. The summed E-state index contributed by atoms with van der Waals surface area (Å²) in [4.78, 5) is 17.1. The van der Waals surface area contributed by atoms with Gasteiger partial charge in [0.05, 0.1) is 4.90 Å². The molecule has 0 aliphatic carbocycles. The minimum Gasteiger partial charge on any atom is -0.372 e. The molecule has 7 heteroatoms. The third kappa shape index (κ3) is 4.78. The van der Waals surface area contributed by atoms with Crippen LogP contribution >= 0.6 is 0 Å². The molecule has 166 valence electrons. The van der Waals surface area contributed by atoms with Gasteiger partial charge < -0.3 is 9.80 Å². The van der Waals surface area contributed by atoms with Gasteiger partial charge in [-0.25, -0.2) is 8.42 Å². The van der Waals surface area contributed by atoms with E-state index in [0.29, 0.717) is 11.3 Å². The zero-order valence-corrected chi connectivity index (χ0v) is 19.1. The quantitative estimate of drug-likeness (QED) is 0.594. The van der Waals surface area contributed by atoms with Gasteiger partial charge in [-0.15, -0.1) is 0 Å². The highest BCUT2D eigenvalue weighted by Crippen LogP contribution is 2.25. The highest BCUT2D eigenvalue weighted by molar-refractivity contribution is 7.92. The predicted octanol–water partition coefficient (Wildman–Crippen LogP) is 4.67. The summed E-state index contributed by atoms with van der Waals surface area (Å²) >= 11 is 0. The Kier molecular flexibility index (Phi) is 6.19. The van der Waals surface area contributed by atoms with Crippen molar-refractivity contribution >= 4 is 33.0 Å². The van der Waals surface area contributed by atoms with E-state index in [1.807, 2.05) is 31.2 Å². The number of anilines is 3. The number of nitrogens with one attached hydrogen (secondary N) is 1. The lowest BCUT2D eigenvalue weighted by molar-refractivity contribution is 0.0993. The number of sulfonamides is 1. The molecule has 1 aliphatic heterocycles. The average molecular weight is 450 g/mol. The van der Waals surface area contributed by atoms with Crippen LogP contribution in [0.15, 0.2) is 77.7 Å². The van der Waals surface area contributed by atoms with Crippen LogP contribution in [0, 0.1) is 6.92 Å². The second-order valence-electron chi connectivity index (χ2n) is 8.07. The van der Waals surface area contributed by atoms with Gasteiger partial charge in [0.15, 0.2) is 0 Å². The molecule has 0 radical (unpaired) electrons. The Morgan fingerprint density at radius 2 is 1.47 bits per heavy atom. The number of hydrogen-bond acceptors (Lipinski definition) is 4. The molecular weight excluding hydrogens is 422 g/mol. The van der Waals surface area contributed by atoms with Gasteiger partial charge in [-0.1, -0.05) is 17.7 Å². The molecule has 0 atom stereocenters. The summed E-state index contributed by atoms with van der Waals surface area (Å²) < 4.78 is 27.7. The second kappa shape index (κ2) is 9.04. The van der Waals surface area contributed by atoms with Crippen molar-refractivity contribution in [2.75, 3.05) is 34.7 Å². The molecule has 0 saturated carbocycles. The standard InChI is InChI=1S/C25H27N3O3S/c1-19-5-15-24(16-6-19)32(30,31)26-21-9-7-20(8-10-21)25(29)27(2)22-11-13-23(14-12-22)28-17-3-4-18-28/h5-16,26H,3-4,17-18H2,1-2H3. The van der Waals surface area contributed by atoms with Gasteiger partial charge in [0.2, 0.25) is 0 Å². The van der Waals surface area contributed by atoms with Crippen LogP contribution in [-0.2, 0) is 10.0 Å². The maximum Gasteiger partial charge on any atom is 0.261 e. The number of aryl methyl sites for hydroxylation is 1. The molecule has 1 heterocycles. The zero-order valence-electron chi connectivity index (χ0n) is 18.3. The molecule has 3 aromatic rings. The van der Waals surface area contributed by atoms with Crippen LogP contribution in [0.25, 0.3) is 0 Å². The monoisotopic (exact) mass is 449 g/mol. The van der Waals surface area contributed by atoms with Crippen LogP contribution < -0.4 is 14.5 Å². The number of benzene rings is 3. The number of amides is 1. The van der Waals surface area contributed by atoms with Crippen LogP contribution in [0.4, 0.5) is 17.1 Å². The van der Waals surface area contributed by atoms with Crippen molar-refractivity contribution in [1.29, 1.82) is 0 Å². The first-order valence-electron chi connectivity index (χ1n) is 10.7. The Bertz CT molecular complexity index is 1180. The lowest BCUT2D eigenvalue weighted by Gasteiger charge is -2.21. The molecule has 1 aliphatic rings. The van der Waals surface area contributed by atoms with Crippen LogP contribution in [-0.4, -0.2) is 34.5 Å². The fraction of sp³-hybridized carbons (Fsp3) is 0.240. The van der Waals surface area contributed by atoms with Crippen LogP contribution in [0.5, 0.6) is 0 Å². The fourth-order valence-corrected chi connectivity index (χ4v) is 4.84. The first-order chi connectivity index (χ1) is 15.3. The highest BCUT2D eigenvalue weighted by Gasteiger charge is 2.17. The zero-order chi connectivity index (χ0) is 22.7. The first kappa shape index (κ1) is 21.9. The van der Waals surface area contributed by atoms with Gasteiger partial charge in [0.1, 0.15) is 0 Å². The summed E-state index contributed by atoms with van der Waals surface area (Å²) in [7, 11) is -1.95. The number of hydrogen-bond donors (Lipinski definition) is 1. The van der Waals surface area contributed by atoms with Gasteiger partial charge in [-0.3, -0.25) is 9.52 Å². The molecule has 1 N–H and O–H groups in total. The van der Waals surface area contributed by atoms with Crippen molar-refractivity contribution in [3.63, 3.8) is 0 Å². The van der Waals surface area contributed by atoms with E-state index in [1.165, 1.54) is 18.5 Å². The summed E-state index contributed by atoms with van der Waals surface area (Å²) in [5, 5.41) is 0. The van der Waals surface area contributed by atoms with E-state index in [1.54, 1.807) is 60.5 Å². The molecule has 0 spiro atoms. The number of rotatable bonds is 6. The maximum atomic E-state index is 12.9. The van der Waals surface area contributed by atoms with Crippen LogP contribution in [0.3, 0.4) is 0 Å². The maximum absolute atomic E-state index is 12.9. The molecular formula is C25H27N3O3S. The number of carbonyl (C=O) groups is 1. The normalized spacial score (nSPS) is 13.8. The van der Waals surface area contributed by atoms with E-state index in [0.717, 1.165) is 24.3 Å². The summed E-state index contributed by atoms with van der Waals surface area (Å²) in [6, 6.07) is 21.1. The van der Waals surface area contributed by atoms with Crippen LogP contribution in [0.2, 0.25) is 0 Å². The molecule has 0 bridgehead atoms. The van der Waals surface area contributed by atoms with Crippen molar-refractivity contribution in [2.45, 2.75) is 24.7 Å². The van der Waals surface area contributed by atoms with Crippen molar-refractivity contribution in [3.8, 4) is 0 Å². The fourth-order valence-electron chi connectivity index (χ4n) is 3.79. The Hall–Kier alpha value is -3.32. The van der Waals surface area contributed by atoms with E-state index >= 15 is 0 Å². The SMILES string of the molecule is Cc1ccc(S(=O)(=O)Nc2ccc(C(=O)N(C)c3ccc(N4CCCC4)cc3)cc2)cc1. The minimum absolute atomic E-state index is 0.160. The van der Waals surface area contributed by atoms with Crippen molar-refractivity contribution in [2.24, 2.45) is 0 Å². The smallest absolute Gasteiger partial charge is 0.261 e. The first-order valence-corrected chi connectivity index (χ1v) is 12.1. The summed E-state index contributed by atoms with van der Waals surface area (Å²) in [6.45, 7) is 4.06. The van der Waals surface area contributed by atoms with Crippen molar-refractivity contribution in [3.05, 3.63) is 83.9 Å². The molecule has 0 aromatic heterocycles. The molecule has 0 unspecified atom stereocenters. The van der Waals surface area contributed by atoms with Gasteiger partial charge in [-0.05, 0) is 80.4 Å². The van der Waals surface area contributed by atoms with Crippen molar-refractivity contribution in [1.82, 2.24) is 0 Å². The van der Waals surface area contributed by atoms with Crippen molar-refractivity contribution < 1.29 is 13.2 Å². The minimum atomic E-state index is -3.68. The molecule has 1 fully saturated rings. The molecule has 32 heavy (non-hydrogen) atoms. The topological polar surface area (TPSA) is 69.7 Å². The third-order valence-corrected chi connectivity index (χ3v) is 7.13. The molecule has 1 amide bonds. The summed E-state index contributed by atoms with van der Waals surface area (Å²) in [5.74, 6) is -0.160. The number of nitrogens with zero attached hydrogens (tertiary/aromatic N) is 2. The Balaban J connectivity index is 1.43. The van der Waals surface area contributed by atoms with E-state index in [-0.39, 0.29) is 10.8 Å². The highest BCUT2D eigenvalue weighted by atomic mass is 32.2. The van der Waals surface area contributed by atoms with Gasteiger partial charge in [-0.2, -0.15) is 0 Å². The van der Waals surface area contributed by atoms with E-state index < -0.39 is 10.0 Å². The molecule has 3 aromatic carbocycles. The average Bonchev–Trinajstić information content (AvgIpc) is 3.34. The summed E-state index contributed by atoms with van der Waals surface area (Å²) in [6.07, 6.45) is 2.44. The van der Waals surface area contributed by atoms with E-state index in [4.69, 9.17) is 0 Å². The lowest BCUT2D eigenvalue weighted by atomic mass is 10.1. The Morgan fingerprint density at radius 1 is 0.875 bits per heavy atom. The van der Waals surface area contributed by atoms with Gasteiger partial charge in [0, 0.05) is 42.8 Å². The van der Waals surface area contributed by atoms with Gasteiger partial charge >= 0.3 is 0 Å². The third-order valence-electron chi connectivity index (χ3n) is 5.73. The Morgan fingerprint density at radius 3 is 2.06 bits per heavy atom. The van der Waals surface area contributed by atoms with Crippen LogP contribution in [0.1, 0.15) is 28.8 Å². The lowest BCUT2D eigenvalue weighted by Crippen LogP contribution is -2.26. The molecule has 1 saturated heterocycles. The number of carbonyl (C=O) groups excluding carboxylic acids is 1. The van der Waals surface area contributed by atoms with E-state index in [9.17, 15) is 13.2 Å². The molecule has 4 rings (SSSR count). The Labute approximate surface area is 189 Å². The summed E-state index contributed by atoms with van der Waals surface area (Å²) in [5.41, 5.74) is 3.86. The largest absolute Gasteiger partial charge is 0.372 e. The second-order valence-corrected chi connectivity index (χ2v) is 9.75. The molecule has 6 nitrogen and oxygen atoms in total.